The molecule has 1 aromatic heterocycles. The summed E-state index contributed by atoms with van der Waals surface area (Å²) in [4.78, 5) is 0. The van der Waals surface area contributed by atoms with Gasteiger partial charge in [-0.2, -0.15) is 0 Å². The van der Waals surface area contributed by atoms with Crippen LogP contribution in [0.5, 0.6) is 0 Å². The van der Waals surface area contributed by atoms with Gasteiger partial charge in [-0.3, -0.25) is 0 Å². The Bertz CT molecular complexity index is 676. The van der Waals surface area contributed by atoms with Crippen LogP contribution in [0.2, 0.25) is 0 Å². The molecule has 124 valence electrons. The number of aromatic nitrogens is 3. The van der Waals surface area contributed by atoms with E-state index in [0.29, 0.717) is 12.6 Å². The second kappa shape index (κ2) is 5.73. The van der Waals surface area contributed by atoms with Crippen LogP contribution >= 0.6 is 0 Å². The molecule has 23 heavy (non-hydrogen) atoms. The zero-order chi connectivity index (χ0) is 16.7. The van der Waals surface area contributed by atoms with Gasteiger partial charge in [-0.1, -0.05) is 30.3 Å². The molecule has 5 nitrogen and oxygen atoms in total. The lowest BCUT2D eigenvalue weighted by molar-refractivity contribution is -0.0699. The van der Waals surface area contributed by atoms with E-state index in [1.165, 1.54) is 0 Å². The van der Waals surface area contributed by atoms with Crippen LogP contribution < -0.4 is 5.32 Å². The van der Waals surface area contributed by atoms with E-state index in [1.54, 1.807) is 0 Å². The molecular weight excluding hydrogens is 288 g/mol. The van der Waals surface area contributed by atoms with Crippen LogP contribution in [0.4, 0.5) is 0 Å². The van der Waals surface area contributed by atoms with Crippen LogP contribution in [0.3, 0.4) is 0 Å². The molecule has 1 atom stereocenters. The lowest BCUT2D eigenvalue weighted by Crippen LogP contribution is -2.43. The molecule has 1 saturated heterocycles. The van der Waals surface area contributed by atoms with Crippen molar-refractivity contribution in [2.75, 3.05) is 0 Å². The molecule has 1 unspecified atom stereocenters. The van der Waals surface area contributed by atoms with E-state index in [0.717, 1.165) is 23.6 Å². The number of nitrogens with one attached hydrogen (secondary N) is 1. The normalized spacial score (nSPS) is 22.4. The minimum Gasteiger partial charge on any atom is -0.368 e. The molecule has 1 N–H and O–H groups in total. The largest absolute Gasteiger partial charge is 0.368 e. The van der Waals surface area contributed by atoms with Crippen LogP contribution in [-0.4, -0.2) is 32.0 Å². The van der Waals surface area contributed by atoms with Crippen molar-refractivity contribution >= 4 is 0 Å². The average Bonchev–Trinajstić information content (AvgIpc) is 2.93. The van der Waals surface area contributed by atoms with Crippen molar-refractivity contribution in [1.29, 1.82) is 0 Å². The highest BCUT2D eigenvalue weighted by molar-refractivity contribution is 5.54. The molecule has 0 bridgehead atoms. The van der Waals surface area contributed by atoms with E-state index in [4.69, 9.17) is 4.74 Å². The first kappa shape index (κ1) is 16.1. The molecule has 0 amide bonds. The highest BCUT2D eigenvalue weighted by atomic mass is 16.5. The third-order valence-electron chi connectivity index (χ3n) is 4.58. The molecule has 0 aliphatic carbocycles. The van der Waals surface area contributed by atoms with Gasteiger partial charge in [0, 0.05) is 18.7 Å². The van der Waals surface area contributed by atoms with Crippen molar-refractivity contribution in [1.82, 2.24) is 20.1 Å². The minimum atomic E-state index is -0.176. The zero-order valence-corrected chi connectivity index (χ0v) is 14.6. The summed E-state index contributed by atoms with van der Waals surface area (Å²) in [5.74, 6) is 1.83. The Labute approximate surface area is 138 Å². The van der Waals surface area contributed by atoms with Gasteiger partial charge >= 0.3 is 0 Å². The fourth-order valence-corrected chi connectivity index (χ4v) is 3.45. The van der Waals surface area contributed by atoms with E-state index < -0.39 is 0 Å². The Balaban J connectivity index is 1.72. The first-order chi connectivity index (χ1) is 10.8. The van der Waals surface area contributed by atoms with Crippen molar-refractivity contribution in [2.24, 2.45) is 7.05 Å². The zero-order valence-electron chi connectivity index (χ0n) is 14.6. The fraction of sp³-hybridized carbons (Fsp3) is 0.556. The lowest BCUT2D eigenvalue weighted by atomic mass is 9.94. The first-order valence-electron chi connectivity index (χ1n) is 8.16. The van der Waals surface area contributed by atoms with Gasteiger partial charge in [-0.15, -0.1) is 10.2 Å². The summed E-state index contributed by atoms with van der Waals surface area (Å²) in [7, 11) is 2.01. The monoisotopic (exact) mass is 314 g/mol. The Kier molecular flexibility index (Phi) is 4.02. The SMILES string of the molecule is Cn1c(CNC2CC(C)(C)OC2(C)C)nnc1-c1ccccc1. The maximum Gasteiger partial charge on any atom is 0.163 e. The van der Waals surface area contributed by atoms with Crippen LogP contribution in [0, 0.1) is 0 Å². The number of benzene rings is 1. The number of ether oxygens (including phenoxy) is 1. The molecular formula is C18H26N4O. The van der Waals surface area contributed by atoms with E-state index in [1.807, 2.05) is 25.2 Å². The molecule has 0 saturated carbocycles. The van der Waals surface area contributed by atoms with Crippen molar-refractivity contribution < 1.29 is 4.74 Å². The molecule has 1 aliphatic heterocycles. The van der Waals surface area contributed by atoms with Gasteiger partial charge in [-0.25, -0.2) is 0 Å². The molecule has 1 fully saturated rings. The highest BCUT2D eigenvalue weighted by Crippen LogP contribution is 2.37. The maximum atomic E-state index is 6.14. The van der Waals surface area contributed by atoms with Crippen LogP contribution in [0.25, 0.3) is 11.4 Å². The van der Waals surface area contributed by atoms with Gasteiger partial charge in [0.2, 0.25) is 0 Å². The first-order valence-corrected chi connectivity index (χ1v) is 8.16. The summed E-state index contributed by atoms with van der Waals surface area (Å²) in [6.45, 7) is 9.26. The third kappa shape index (κ3) is 3.31. The topological polar surface area (TPSA) is 52.0 Å². The lowest BCUT2D eigenvalue weighted by Gasteiger charge is -2.27. The summed E-state index contributed by atoms with van der Waals surface area (Å²) < 4.78 is 8.19. The molecule has 0 spiro atoms. The van der Waals surface area contributed by atoms with Gasteiger partial charge in [0.15, 0.2) is 5.82 Å². The minimum absolute atomic E-state index is 0.0871. The Morgan fingerprint density at radius 3 is 2.48 bits per heavy atom. The summed E-state index contributed by atoms with van der Waals surface area (Å²) in [5, 5.41) is 12.3. The van der Waals surface area contributed by atoms with Crippen molar-refractivity contribution in [3.63, 3.8) is 0 Å². The molecule has 2 aromatic rings. The van der Waals surface area contributed by atoms with Gasteiger partial charge < -0.3 is 14.6 Å². The van der Waals surface area contributed by atoms with E-state index in [2.05, 4.69) is 59.9 Å². The Hall–Kier alpha value is -1.72. The van der Waals surface area contributed by atoms with Crippen LogP contribution in [0.15, 0.2) is 30.3 Å². The number of hydrogen-bond acceptors (Lipinski definition) is 4. The summed E-state index contributed by atoms with van der Waals surface area (Å²) in [6.07, 6.45) is 0.989. The average molecular weight is 314 g/mol. The van der Waals surface area contributed by atoms with Gasteiger partial charge in [0.1, 0.15) is 5.82 Å². The predicted octanol–water partition coefficient (Wildman–Crippen LogP) is 2.92. The van der Waals surface area contributed by atoms with Crippen molar-refractivity contribution in [2.45, 2.75) is 57.9 Å². The van der Waals surface area contributed by atoms with E-state index in [-0.39, 0.29) is 11.2 Å². The standard InChI is InChI=1S/C18H26N4O/c1-17(2)11-14(18(3,4)23-17)19-12-15-20-21-16(22(15)5)13-9-7-6-8-10-13/h6-10,14,19H,11-12H2,1-5H3. The molecule has 2 heterocycles. The number of hydrogen-bond donors (Lipinski definition) is 1. The van der Waals surface area contributed by atoms with Gasteiger partial charge in [0.25, 0.3) is 0 Å². The second-order valence-electron chi connectivity index (χ2n) is 7.47. The summed E-state index contributed by atoms with van der Waals surface area (Å²) in [5.41, 5.74) is 0.820. The molecule has 1 aliphatic rings. The fourth-order valence-electron chi connectivity index (χ4n) is 3.45. The molecule has 3 rings (SSSR count). The number of nitrogens with zero attached hydrogens (tertiary/aromatic N) is 3. The smallest absolute Gasteiger partial charge is 0.163 e. The highest BCUT2D eigenvalue weighted by Gasteiger charge is 2.45. The Morgan fingerprint density at radius 2 is 1.87 bits per heavy atom. The van der Waals surface area contributed by atoms with E-state index >= 15 is 0 Å². The Morgan fingerprint density at radius 1 is 1.17 bits per heavy atom. The van der Waals surface area contributed by atoms with Gasteiger partial charge in [0.05, 0.1) is 17.7 Å². The van der Waals surface area contributed by atoms with Gasteiger partial charge in [-0.05, 0) is 34.1 Å². The third-order valence-corrected chi connectivity index (χ3v) is 4.58. The molecule has 0 radical (unpaired) electrons. The van der Waals surface area contributed by atoms with Crippen LogP contribution in [-0.2, 0) is 18.3 Å². The van der Waals surface area contributed by atoms with Crippen molar-refractivity contribution in [3.8, 4) is 11.4 Å². The molecule has 1 aromatic carbocycles. The predicted molar refractivity (Wildman–Crippen MR) is 90.9 cm³/mol. The summed E-state index contributed by atoms with van der Waals surface area (Å²) in [6, 6.07) is 10.4. The van der Waals surface area contributed by atoms with Crippen LogP contribution in [0.1, 0.15) is 39.9 Å². The molecule has 5 heteroatoms. The second-order valence-corrected chi connectivity index (χ2v) is 7.47. The number of rotatable bonds is 4. The maximum absolute atomic E-state index is 6.14. The summed E-state index contributed by atoms with van der Waals surface area (Å²) >= 11 is 0. The van der Waals surface area contributed by atoms with Crippen molar-refractivity contribution in [3.05, 3.63) is 36.2 Å². The van der Waals surface area contributed by atoms with E-state index in [9.17, 15) is 0 Å². The quantitative estimate of drug-likeness (QED) is 0.943.